The van der Waals surface area contributed by atoms with Crippen LogP contribution in [-0.4, -0.2) is 50.5 Å². The summed E-state index contributed by atoms with van der Waals surface area (Å²) in [4.78, 5) is 29.1. The SMILES string of the molecule is Cc1ccc(N(CC(=O)N(Cc2ccc(Cl)c(Cl)c2)[C@H](Cc2ccccc2)C(=O)NCC(C)C)S(C)(=O)=O)cc1. The highest BCUT2D eigenvalue weighted by molar-refractivity contribution is 7.92. The van der Waals surface area contributed by atoms with Crippen molar-refractivity contribution in [2.75, 3.05) is 23.7 Å². The zero-order chi connectivity index (χ0) is 29.4. The standard InChI is InChI=1S/C30H35Cl2N3O4S/c1-21(2)18-33-30(37)28(17-23-8-6-5-7-9-23)34(19-24-12-15-26(31)27(32)16-24)29(36)20-35(40(4,38)39)25-13-10-22(3)11-14-25/h5-16,21,28H,17-20H2,1-4H3,(H,33,37)/t28-/m1/s1. The van der Waals surface area contributed by atoms with Gasteiger partial charge in [0.1, 0.15) is 12.6 Å². The van der Waals surface area contributed by atoms with E-state index in [9.17, 15) is 18.0 Å². The number of anilines is 1. The normalized spacial score (nSPS) is 12.2. The molecule has 0 heterocycles. The molecule has 0 bridgehead atoms. The van der Waals surface area contributed by atoms with Crippen LogP contribution in [0.4, 0.5) is 5.69 Å². The number of amides is 2. The van der Waals surface area contributed by atoms with E-state index in [-0.39, 0.29) is 24.8 Å². The summed E-state index contributed by atoms with van der Waals surface area (Å²) in [5.74, 6) is -0.660. The number of nitrogens with zero attached hydrogens (tertiary/aromatic N) is 2. The molecule has 0 aromatic heterocycles. The maximum atomic E-state index is 14.1. The van der Waals surface area contributed by atoms with Crippen LogP contribution in [0.1, 0.15) is 30.5 Å². The van der Waals surface area contributed by atoms with E-state index >= 15 is 0 Å². The van der Waals surface area contributed by atoms with E-state index in [0.717, 1.165) is 21.7 Å². The number of aryl methyl sites for hydroxylation is 1. The van der Waals surface area contributed by atoms with Crippen molar-refractivity contribution < 1.29 is 18.0 Å². The van der Waals surface area contributed by atoms with E-state index in [1.807, 2.05) is 51.1 Å². The fourth-order valence-electron chi connectivity index (χ4n) is 4.14. The number of benzene rings is 3. The fraction of sp³-hybridized carbons (Fsp3) is 0.333. The first-order valence-corrected chi connectivity index (χ1v) is 15.5. The molecule has 0 aliphatic heterocycles. The van der Waals surface area contributed by atoms with Gasteiger partial charge in [0.05, 0.1) is 22.0 Å². The van der Waals surface area contributed by atoms with Crippen molar-refractivity contribution in [2.45, 2.75) is 39.8 Å². The minimum atomic E-state index is -3.82. The number of halogens is 2. The van der Waals surface area contributed by atoms with E-state index in [2.05, 4.69) is 5.32 Å². The molecular formula is C30H35Cl2N3O4S. The predicted octanol–water partition coefficient (Wildman–Crippen LogP) is 5.48. The second-order valence-corrected chi connectivity index (χ2v) is 12.9. The van der Waals surface area contributed by atoms with Gasteiger partial charge in [-0.2, -0.15) is 0 Å². The van der Waals surface area contributed by atoms with Gasteiger partial charge in [0.2, 0.25) is 21.8 Å². The van der Waals surface area contributed by atoms with Crippen LogP contribution in [0.25, 0.3) is 0 Å². The maximum absolute atomic E-state index is 14.1. The van der Waals surface area contributed by atoms with Gasteiger partial charge in [0.25, 0.3) is 0 Å². The van der Waals surface area contributed by atoms with Crippen LogP contribution in [0.5, 0.6) is 0 Å². The second-order valence-electron chi connectivity index (χ2n) is 10.2. The molecule has 7 nitrogen and oxygen atoms in total. The quantitative estimate of drug-likeness (QED) is 0.297. The lowest BCUT2D eigenvalue weighted by atomic mass is 10.0. The van der Waals surface area contributed by atoms with Gasteiger partial charge in [0, 0.05) is 19.5 Å². The molecule has 0 radical (unpaired) electrons. The van der Waals surface area contributed by atoms with E-state index in [0.29, 0.717) is 27.8 Å². The molecule has 2 amide bonds. The lowest BCUT2D eigenvalue weighted by molar-refractivity contribution is -0.140. The smallest absolute Gasteiger partial charge is 0.244 e. The summed E-state index contributed by atoms with van der Waals surface area (Å²) in [6.07, 6.45) is 1.29. The van der Waals surface area contributed by atoms with Crippen molar-refractivity contribution in [3.8, 4) is 0 Å². The van der Waals surface area contributed by atoms with Gasteiger partial charge in [-0.05, 0) is 48.2 Å². The summed E-state index contributed by atoms with van der Waals surface area (Å²) in [5.41, 5.74) is 2.82. The lowest BCUT2D eigenvalue weighted by Crippen LogP contribution is -2.53. The molecule has 3 aromatic carbocycles. The van der Waals surface area contributed by atoms with E-state index in [1.54, 1.807) is 42.5 Å². The Morgan fingerprint density at radius 3 is 2.12 bits per heavy atom. The average molecular weight is 605 g/mol. The summed E-state index contributed by atoms with van der Waals surface area (Å²) in [6.45, 7) is 5.83. The van der Waals surface area contributed by atoms with Crippen LogP contribution in [0.15, 0.2) is 72.8 Å². The van der Waals surface area contributed by atoms with Crippen LogP contribution in [0.3, 0.4) is 0 Å². The highest BCUT2D eigenvalue weighted by Crippen LogP contribution is 2.25. The molecule has 214 valence electrons. The number of carbonyl (C=O) groups excluding carboxylic acids is 2. The first kappa shape index (κ1) is 31.5. The average Bonchev–Trinajstić information content (AvgIpc) is 2.90. The summed E-state index contributed by atoms with van der Waals surface area (Å²) in [5, 5.41) is 3.63. The Morgan fingerprint density at radius 1 is 0.900 bits per heavy atom. The monoisotopic (exact) mass is 603 g/mol. The van der Waals surface area contributed by atoms with Crippen LogP contribution in [0.2, 0.25) is 10.0 Å². The Bertz CT molecular complexity index is 1410. The molecule has 0 saturated carbocycles. The van der Waals surface area contributed by atoms with Crippen molar-refractivity contribution in [3.05, 3.63) is 99.5 Å². The van der Waals surface area contributed by atoms with Gasteiger partial charge in [-0.15, -0.1) is 0 Å². The maximum Gasteiger partial charge on any atom is 0.244 e. The Labute approximate surface area is 247 Å². The molecule has 0 unspecified atom stereocenters. The molecule has 1 N–H and O–H groups in total. The largest absolute Gasteiger partial charge is 0.354 e. The molecule has 40 heavy (non-hydrogen) atoms. The predicted molar refractivity (Wildman–Crippen MR) is 162 cm³/mol. The van der Waals surface area contributed by atoms with Crippen molar-refractivity contribution in [2.24, 2.45) is 5.92 Å². The van der Waals surface area contributed by atoms with Gasteiger partial charge in [0.15, 0.2) is 0 Å². The zero-order valence-electron chi connectivity index (χ0n) is 23.1. The van der Waals surface area contributed by atoms with Gasteiger partial charge >= 0.3 is 0 Å². The molecule has 3 aromatic rings. The van der Waals surface area contributed by atoms with Crippen molar-refractivity contribution in [1.29, 1.82) is 0 Å². The summed E-state index contributed by atoms with van der Waals surface area (Å²) in [6, 6.07) is 20.3. The summed E-state index contributed by atoms with van der Waals surface area (Å²) in [7, 11) is -3.82. The molecule has 1 atom stereocenters. The number of hydrogen-bond acceptors (Lipinski definition) is 4. The molecule has 0 saturated heterocycles. The van der Waals surface area contributed by atoms with Gasteiger partial charge < -0.3 is 10.2 Å². The third-order valence-electron chi connectivity index (χ3n) is 6.29. The number of sulfonamides is 1. The van der Waals surface area contributed by atoms with Gasteiger partial charge in [-0.25, -0.2) is 8.42 Å². The minimum absolute atomic E-state index is 0.0216. The molecule has 0 fully saturated rings. The van der Waals surface area contributed by atoms with Crippen molar-refractivity contribution in [1.82, 2.24) is 10.2 Å². The molecule has 3 rings (SSSR count). The molecule has 0 aliphatic carbocycles. The number of hydrogen-bond donors (Lipinski definition) is 1. The van der Waals surface area contributed by atoms with E-state index in [4.69, 9.17) is 23.2 Å². The number of carbonyl (C=O) groups is 2. The molecule has 0 aliphatic rings. The van der Waals surface area contributed by atoms with Crippen LogP contribution in [0, 0.1) is 12.8 Å². The number of rotatable bonds is 12. The fourth-order valence-corrected chi connectivity index (χ4v) is 5.31. The first-order valence-electron chi connectivity index (χ1n) is 12.9. The van der Waals surface area contributed by atoms with Crippen molar-refractivity contribution >= 4 is 50.7 Å². The Morgan fingerprint density at radius 2 is 1.55 bits per heavy atom. The zero-order valence-corrected chi connectivity index (χ0v) is 25.4. The van der Waals surface area contributed by atoms with Gasteiger partial charge in [-0.3, -0.25) is 13.9 Å². The third-order valence-corrected chi connectivity index (χ3v) is 8.17. The highest BCUT2D eigenvalue weighted by Gasteiger charge is 2.33. The topological polar surface area (TPSA) is 86.8 Å². The van der Waals surface area contributed by atoms with E-state index < -0.39 is 28.5 Å². The van der Waals surface area contributed by atoms with Crippen LogP contribution in [-0.2, 0) is 32.6 Å². The van der Waals surface area contributed by atoms with Crippen molar-refractivity contribution in [3.63, 3.8) is 0 Å². The highest BCUT2D eigenvalue weighted by atomic mass is 35.5. The third kappa shape index (κ3) is 8.98. The number of nitrogens with one attached hydrogen (secondary N) is 1. The molecular weight excluding hydrogens is 569 g/mol. The Kier molecular flexibility index (Phi) is 11.0. The lowest BCUT2D eigenvalue weighted by Gasteiger charge is -2.33. The molecule has 10 heteroatoms. The van der Waals surface area contributed by atoms with Crippen LogP contribution < -0.4 is 9.62 Å². The first-order chi connectivity index (χ1) is 18.8. The Balaban J connectivity index is 2.06. The van der Waals surface area contributed by atoms with Gasteiger partial charge in [-0.1, -0.05) is 91.1 Å². The van der Waals surface area contributed by atoms with E-state index in [1.165, 1.54) is 4.90 Å². The molecule has 0 spiro atoms. The van der Waals surface area contributed by atoms with Crippen LogP contribution >= 0.6 is 23.2 Å². The second kappa shape index (κ2) is 14.0. The summed E-state index contributed by atoms with van der Waals surface area (Å²) >= 11 is 12.4. The minimum Gasteiger partial charge on any atom is -0.354 e. The Hall–Kier alpha value is -3.07. The summed E-state index contributed by atoms with van der Waals surface area (Å²) < 4.78 is 26.7.